The number of benzene rings is 2. The molecule has 0 radical (unpaired) electrons. The standard InChI is InChI=1S/C20H25N3O2.ClH/c1-2-21-15-17-11-6-7-12-18(17)23-19(24)13-8-14-22-20(25)16-9-4-3-5-10-16;/h3-7,9-12,21H,2,8,13-15H2,1H3,(H,22,25)(H,23,24);1H. The molecule has 2 aromatic rings. The molecule has 0 unspecified atom stereocenters. The highest BCUT2D eigenvalue weighted by atomic mass is 35.5. The third-order valence-electron chi connectivity index (χ3n) is 3.76. The van der Waals surface area contributed by atoms with Crippen molar-refractivity contribution in [3.63, 3.8) is 0 Å². The molecule has 0 spiro atoms. The fourth-order valence-electron chi connectivity index (χ4n) is 2.41. The predicted octanol–water partition coefficient (Wildman–Crippen LogP) is 3.37. The van der Waals surface area contributed by atoms with Crippen LogP contribution in [0.15, 0.2) is 54.6 Å². The molecule has 0 atom stereocenters. The molecule has 2 aromatic carbocycles. The number of nitrogens with one attached hydrogen (secondary N) is 3. The third-order valence-corrected chi connectivity index (χ3v) is 3.76. The Hall–Kier alpha value is -2.37. The van der Waals surface area contributed by atoms with Gasteiger partial charge in [0.05, 0.1) is 0 Å². The molecule has 140 valence electrons. The Morgan fingerprint density at radius 1 is 0.962 bits per heavy atom. The summed E-state index contributed by atoms with van der Waals surface area (Å²) in [5.74, 6) is -0.157. The van der Waals surface area contributed by atoms with Crippen LogP contribution in [0.4, 0.5) is 5.69 Å². The van der Waals surface area contributed by atoms with E-state index in [2.05, 4.69) is 16.0 Å². The Morgan fingerprint density at radius 2 is 1.65 bits per heavy atom. The van der Waals surface area contributed by atoms with Gasteiger partial charge in [0.25, 0.3) is 5.91 Å². The van der Waals surface area contributed by atoms with Gasteiger partial charge in [-0.2, -0.15) is 0 Å². The summed E-state index contributed by atoms with van der Waals surface area (Å²) in [6.07, 6.45) is 0.963. The molecule has 0 saturated heterocycles. The van der Waals surface area contributed by atoms with Crippen LogP contribution < -0.4 is 16.0 Å². The van der Waals surface area contributed by atoms with Crippen molar-refractivity contribution >= 4 is 29.9 Å². The van der Waals surface area contributed by atoms with Crippen molar-refractivity contribution in [3.05, 3.63) is 65.7 Å². The zero-order valence-electron chi connectivity index (χ0n) is 15.0. The maximum absolute atomic E-state index is 12.1. The Kier molecular flexibility index (Phi) is 10.1. The minimum atomic E-state index is -0.114. The van der Waals surface area contributed by atoms with Crippen LogP contribution in [0.5, 0.6) is 0 Å². The topological polar surface area (TPSA) is 70.2 Å². The summed E-state index contributed by atoms with van der Waals surface area (Å²) < 4.78 is 0. The molecule has 2 amide bonds. The normalized spacial score (nSPS) is 9.88. The second kappa shape index (κ2) is 12.1. The highest BCUT2D eigenvalue weighted by Crippen LogP contribution is 2.15. The summed E-state index contributed by atoms with van der Waals surface area (Å²) in [6, 6.07) is 16.8. The molecule has 5 nitrogen and oxygen atoms in total. The molecular weight excluding hydrogens is 350 g/mol. The molecule has 0 aromatic heterocycles. The predicted molar refractivity (Wildman–Crippen MR) is 108 cm³/mol. The van der Waals surface area contributed by atoms with Crippen molar-refractivity contribution in [2.75, 3.05) is 18.4 Å². The van der Waals surface area contributed by atoms with Gasteiger partial charge < -0.3 is 16.0 Å². The van der Waals surface area contributed by atoms with Crippen molar-refractivity contribution in [3.8, 4) is 0 Å². The van der Waals surface area contributed by atoms with Crippen molar-refractivity contribution < 1.29 is 9.59 Å². The first-order chi connectivity index (χ1) is 12.2. The van der Waals surface area contributed by atoms with Gasteiger partial charge in [-0.3, -0.25) is 9.59 Å². The van der Waals surface area contributed by atoms with Crippen LogP contribution in [0.25, 0.3) is 0 Å². The molecule has 2 rings (SSSR count). The lowest BCUT2D eigenvalue weighted by Crippen LogP contribution is -2.25. The van der Waals surface area contributed by atoms with E-state index in [0.717, 1.165) is 24.3 Å². The lowest BCUT2D eigenvalue weighted by molar-refractivity contribution is -0.116. The minimum absolute atomic E-state index is 0. The highest BCUT2D eigenvalue weighted by molar-refractivity contribution is 5.94. The van der Waals surface area contributed by atoms with E-state index in [-0.39, 0.29) is 24.2 Å². The summed E-state index contributed by atoms with van der Waals surface area (Å²) in [5, 5.41) is 9.04. The van der Waals surface area contributed by atoms with Crippen LogP contribution >= 0.6 is 12.4 Å². The fourth-order valence-corrected chi connectivity index (χ4v) is 2.41. The molecule has 0 aliphatic heterocycles. The van der Waals surface area contributed by atoms with Crippen molar-refractivity contribution in [2.45, 2.75) is 26.3 Å². The average molecular weight is 376 g/mol. The number of carbonyl (C=O) groups is 2. The Morgan fingerprint density at radius 3 is 2.38 bits per heavy atom. The van der Waals surface area contributed by atoms with Crippen LogP contribution in [0, 0.1) is 0 Å². The molecule has 0 fully saturated rings. The van der Waals surface area contributed by atoms with Gasteiger partial charge in [-0.05, 0) is 36.7 Å². The summed E-state index contributed by atoms with van der Waals surface area (Å²) in [6.45, 7) is 4.12. The molecule has 6 heteroatoms. The Labute approximate surface area is 161 Å². The van der Waals surface area contributed by atoms with Crippen molar-refractivity contribution in [2.24, 2.45) is 0 Å². The molecule has 3 N–H and O–H groups in total. The number of carbonyl (C=O) groups excluding carboxylic acids is 2. The molecule has 0 bridgehead atoms. The number of rotatable bonds is 9. The van der Waals surface area contributed by atoms with Gasteiger partial charge in [-0.1, -0.05) is 43.3 Å². The summed E-state index contributed by atoms with van der Waals surface area (Å²) >= 11 is 0. The van der Waals surface area contributed by atoms with E-state index >= 15 is 0 Å². The van der Waals surface area contributed by atoms with Crippen LogP contribution in [0.1, 0.15) is 35.7 Å². The van der Waals surface area contributed by atoms with E-state index < -0.39 is 0 Å². The van der Waals surface area contributed by atoms with E-state index in [0.29, 0.717) is 24.9 Å². The van der Waals surface area contributed by atoms with Crippen LogP contribution in [0.3, 0.4) is 0 Å². The largest absolute Gasteiger partial charge is 0.352 e. The molecule has 26 heavy (non-hydrogen) atoms. The monoisotopic (exact) mass is 375 g/mol. The molecule has 0 saturated carbocycles. The highest BCUT2D eigenvalue weighted by Gasteiger charge is 2.07. The van der Waals surface area contributed by atoms with Gasteiger partial charge in [-0.25, -0.2) is 0 Å². The molecular formula is C20H26ClN3O2. The minimum Gasteiger partial charge on any atom is -0.352 e. The maximum atomic E-state index is 12.1. The first kappa shape index (κ1) is 21.7. The van der Waals surface area contributed by atoms with E-state index in [1.54, 1.807) is 12.1 Å². The number of para-hydroxylation sites is 1. The SMILES string of the molecule is CCNCc1ccccc1NC(=O)CCCNC(=O)c1ccccc1.Cl. The van der Waals surface area contributed by atoms with Crippen LogP contribution in [-0.4, -0.2) is 24.9 Å². The average Bonchev–Trinajstić information content (AvgIpc) is 2.65. The maximum Gasteiger partial charge on any atom is 0.251 e. The Balaban J connectivity index is 0.00000338. The van der Waals surface area contributed by atoms with E-state index in [9.17, 15) is 9.59 Å². The quantitative estimate of drug-likeness (QED) is 0.588. The van der Waals surface area contributed by atoms with E-state index in [4.69, 9.17) is 0 Å². The third kappa shape index (κ3) is 7.25. The number of halogens is 1. The van der Waals surface area contributed by atoms with Crippen LogP contribution in [0.2, 0.25) is 0 Å². The lowest BCUT2D eigenvalue weighted by Gasteiger charge is -2.11. The number of hydrogen-bond acceptors (Lipinski definition) is 3. The van der Waals surface area contributed by atoms with Crippen molar-refractivity contribution in [1.29, 1.82) is 0 Å². The number of amides is 2. The van der Waals surface area contributed by atoms with Gasteiger partial charge in [0.1, 0.15) is 0 Å². The van der Waals surface area contributed by atoms with Gasteiger partial charge in [0.15, 0.2) is 0 Å². The Bertz CT molecular complexity index is 692. The number of anilines is 1. The second-order valence-electron chi connectivity index (χ2n) is 5.71. The smallest absolute Gasteiger partial charge is 0.251 e. The van der Waals surface area contributed by atoms with E-state index in [1.807, 2.05) is 49.4 Å². The summed E-state index contributed by atoms with van der Waals surface area (Å²) in [7, 11) is 0. The second-order valence-corrected chi connectivity index (χ2v) is 5.71. The van der Waals surface area contributed by atoms with Gasteiger partial charge in [0, 0.05) is 30.8 Å². The zero-order valence-corrected chi connectivity index (χ0v) is 15.8. The lowest BCUT2D eigenvalue weighted by atomic mass is 10.1. The number of hydrogen-bond donors (Lipinski definition) is 3. The zero-order chi connectivity index (χ0) is 17.9. The van der Waals surface area contributed by atoms with Crippen LogP contribution in [-0.2, 0) is 11.3 Å². The van der Waals surface area contributed by atoms with Crippen molar-refractivity contribution in [1.82, 2.24) is 10.6 Å². The fraction of sp³-hybridized carbons (Fsp3) is 0.300. The van der Waals surface area contributed by atoms with Gasteiger partial charge in [-0.15, -0.1) is 12.4 Å². The molecule has 0 aliphatic carbocycles. The van der Waals surface area contributed by atoms with E-state index in [1.165, 1.54) is 0 Å². The summed E-state index contributed by atoms with van der Waals surface area (Å²) in [4.78, 5) is 24.0. The molecule has 0 heterocycles. The van der Waals surface area contributed by atoms with Gasteiger partial charge in [0.2, 0.25) is 5.91 Å². The molecule has 0 aliphatic rings. The first-order valence-electron chi connectivity index (χ1n) is 8.62. The summed E-state index contributed by atoms with van der Waals surface area (Å²) in [5.41, 5.74) is 2.53. The van der Waals surface area contributed by atoms with Gasteiger partial charge >= 0.3 is 0 Å². The first-order valence-corrected chi connectivity index (χ1v) is 8.62.